The second kappa shape index (κ2) is 11.6. The Labute approximate surface area is 143 Å². The molecule has 0 saturated heterocycles. The summed E-state index contributed by atoms with van der Waals surface area (Å²) in [5.41, 5.74) is 6.70. The molecule has 0 aliphatic heterocycles. The van der Waals surface area contributed by atoms with Gasteiger partial charge in [0.25, 0.3) is 0 Å². The minimum atomic E-state index is 0. The number of guanidine groups is 1. The quantitative estimate of drug-likeness (QED) is 0.297. The third kappa shape index (κ3) is 8.71. The van der Waals surface area contributed by atoms with Gasteiger partial charge in [0.1, 0.15) is 6.61 Å². The number of pyridine rings is 1. The molecule has 21 heavy (non-hydrogen) atoms. The molecule has 0 bridgehead atoms. The second-order valence-corrected chi connectivity index (χ2v) is 4.79. The van der Waals surface area contributed by atoms with Crippen molar-refractivity contribution in [3.63, 3.8) is 0 Å². The van der Waals surface area contributed by atoms with Gasteiger partial charge in [0.2, 0.25) is 5.88 Å². The molecule has 0 spiro atoms. The minimum Gasteiger partial charge on any atom is -0.475 e. The number of nitrogens with zero attached hydrogens (tertiary/aromatic N) is 2. The Morgan fingerprint density at radius 3 is 2.86 bits per heavy atom. The topological polar surface area (TPSA) is 81.8 Å². The standard InChI is InChI=1S/C14H24N4O2.HI/c1-11(2)9-17-14(15)18-10-12-5-4-6-16-13(12)20-8-7-19-3;/h4-6,11H,7-10H2,1-3H3,(H3,15,17,18);1H. The van der Waals surface area contributed by atoms with E-state index < -0.39 is 0 Å². The molecule has 0 aromatic carbocycles. The van der Waals surface area contributed by atoms with Crippen LogP contribution < -0.4 is 15.8 Å². The number of hydrogen-bond acceptors (Lipinski definition) is 4. The number of halogens is 1. The van der Waals surface area contributed by atoms with Crippen LogP contribution in [0.25, 0.3) is 0 Å². The highest BCUT2D eigenvalue weighted by atomic mass is 127. The van der Waals surface area contributed by atoms with E-state index in [0.29, 0.717) is 37.5 Å². The lowest BCUT2D eigenvalue weighted by atomic mass is 10.2. The van der Waals surface area contributed by atoms with Crippen LogP contribution in [0.15, 0.2) is 23.3 Å². The van der Waals surface area contributed by atoms with Crippen molar-refractivity contribution in [2.45, 2.75) is 20.4 Å². The first-order valence-corrected chi connectivity index (χ1v) is 6.73. The molecule has 1 heterocycles. The summed E-state index contributed by atoms with van der Waals surface area (Å²) in [7, 11) is 1.63. The SMILES string of the molecule is COCCOc1ncccc1CN=C(N)NCC(C)C.I. The Balaban J connectivity index is 0.00000400. The summed E-state index contributed by atoms with van der Waals surface area (Å²) >= 11 is 0. The number of aliphatic imine (C=N–C) groups is 1. The van der Waals surface area contributed by atoms with E-state index in [4.69, 9.17) is 15.2 Å². The van der Waals surface area contributed by atoms with Gasteiger partial charge in [0.05, 0.1) is 13.2 Å². The summed E-state index contributed by atoms with van der Waals surface area (Å²) in [5.74, 6) is 1.53. The molecule has 0 amide bonds. The lowest BCUT2D eigenvalue weighted by Gasteiger charge is -2.10. The van der Waals surface area contributed by atoms with E-state index in [1.54, 1.807) is 13.3 Å². The first-order chi connectivity index (χ1) is 9.63. The molecular formula is C14H25IN4O2. The highest BCUT2D eigenvalue weighted by molar-refractivity contribution is 14.0. The van der Waals surface area contributed by atoms with E-state index in [0.717, 1.165) is 12.1 Å². The van der Waals surface area contributed by atoms with Crippen molar-refractivity contribution in [2.24, 2.45) is 16.6 Å². The Morgan fingerprint density at radius 1 is 1.43 bits per heavy atom. The smallest absolute Gasteiger partial charge is 0.218 e. The van der Waals surface area contributed by atoms with Gasteiger partial charge in [0.15, 0.2) is 5.96 Å². The fourth-order valence-electron chi connectivity index (χ4n) is 1.43. The zero-order valence-corrected chi connectivity index (χ0v) is 15.2. The van der Waals surface area contributed by atoms with Crippen LogP contribution in [0.5, 0.6) is 5.88 Å². The van der Waals surface area contributed by atoms with Crippen LogP contribution in [0, 0.1) is 5.92 Å². The second-order valence-electron chi connectivity index (χ2n) is 4.79. The fraction of sp³-hybridized carbons (Fsp3) is 0.571. The van der Waals surface area contributed by atoms with Gasteiger partial charge in [-0.1, -0.05) is 19.9 Å². The molecule has 0 aliphatic carbocycles. The zero-order valence-electron chi connectivity index (χ0n) is 12.8. The molecule has 0 saturated carbocycles. The zero-order chi connectivity index (χ0) is 14.8. The molecule has 7 heteroatoms. The van der Waals surface area contributed by atoms with Gasteiger partial charge in [0, 0.05) is 25.4 Å². The van der Waals surface area contributed by atoms with Gasteiger partial charge < -0.3 is 20.5 Å². The van der Waals surface area contributed by atoms with Crippen LogP contribution in [0.4, 0.5) is 0 Å². The number of nitrogens with two attached hydrogens (primary N) is 1. The lowest BCUT2D eigenvalue weighted by Crippen LogP contribution is -2.34. The molecule has 1 aromatic heterocycles. The summed E-state index contributed by atoms with van der Waals surface area (Å²) in [6.45, 7) is 6.46. The van der Waals surface area contributed by atoms with Crippen LogP contribution in [0.3, 0.4) is 0 Å². The normalized spacial score (nSPS) is 11.1. The third-order valence-corrected chi connectivity index (χ3v) is 2.49. The molecule has 1 rings (SSSR count). The molecule has 6 nitrogen and oxygen atoms in total. The van der Waals surface area contributed by atoms with E-state index >= 15 is 0 Å². The molecule has 0 radical (unpaired) electrons. The Morgan fingerprint density at radius 2 is 2.19 bits per heavy atom. The molecule has 3 N–H and O–H groups in total. The van der Waals surface area contributed by atoms with Crippen LogP contribution in [-0.4, -0.2) is 37.8 Å². The van der Waals surface area contributed by atoms with Crippen molar-refractivity contribution in [2.75, 3.05) is 26.9 Å². The van der Waals surface area contributed by atoms with Crippen LogP contribution >= 0.6 is 24.0 Å². The Hall–Kier alpha value is -1.09. The summed E-state index contributed by atoms with van der Waals surface area (Å²) in [6, 6.07) is 3.78. The monoisotopic (exact) mass is 408 g/mol. The van der Waals surface area contributed by atoms with Crippen LogP contribution in [-0.2, 0) is 11.3 Å². The number of hydrogen-bond donors (Lipinski definition) is 2. The van der Waals surface area contributed by atoms with E-state index in [2.05, 4.69) is 29.1 Å². The van der Waals surface area contributed by atoms with Crippen molar-refractivity contribution >= 4 is 29.9 Å². The van der Waals surface area contributed by atoms with Crippen molar-refractivity contribution < 1.29 is 9.47 Å². The van der Waals surface area contributed by atoms with Crippen molar-refractivity contribution in [3.8, 4) is 5.88 Å². The molecule has 1 aromatic rings. The van der Waals surface area contributed by atoms with Crippen LogP contribution in [0.2, 0.25) is 0 Å². The maximum Gasteiger partial charge on any atom is 0.218 e. The summed E-state index contributed by atoms with van der Waals surface area (Å²) in [5, 5.41) is 3.07. The van der Waals surface area contributed by atoms with E-state index in [9.17, 15) is 0 Å². The average Bonchev–Trinajstić information content (AvgIpc) is 2.44. The Kier molecular flexibility index (Phi) is 11.0. The number of aromatic nitrogens is 1. The molecule has 120 valence electrons. The number of methoxy groups -OCH3 is 1. The van der Waals surface area contributed by atoms with Crippen LogP contribution in [0.1, 0.15) is 19.4 Å². The molecular weight excluding hydrogens is 383 g/mol. The first-order valence-electron chi connectivity index (χ1n) is 6.73. The molecule has 0 fully saturated rings. The summed E-state index contributed by atoms with van der Waals surface area (Å²) in [6.07, 6.45) is 1.69. The van der Waals surface area contributed by atoms with Gasteiger partial charge in [-0.05, 0) is 12.0 Å². The number of rotatable bonds is 8. The van der Waals surface area contributed by atoms with Crippen molar-refractivity contribution in [3.05, 3.63) is 23.9 Å². The largest absolute Gasteiger partial charge is 0.475 e. The van der Waals surface area contributed by atoms with E-state index in [-0.39, 0.29) is 24.0 Å². The predicted molar refractivity (Wildman–Crippen MR) is 95.2 cm³/mol. The molecule has 0 unspecified atom stereocenters. The van der Waals surface area contributed by atoms with Crippen molar-refractivity contribution in [1.82, 2.24) is 10.3 Å². The average molecular weight is 408 g/mol. The number of nitrogens with one attached hydrogen (secondary N) is 1. The maximum atomic E-state index is 5.80. The summed E-state index contributed by atoms with van der Waals surface area (Å²) < 4.78 is 10.5. The van der Waals surface area contributed by atoms with E-state index in [1.807, 2.05) is 12.1 Å². The van der Waals surface area contributed by atoms with E-state index in [1.165, 1.54) is 0 Å². The van der Waals surface area contributed by atoms with Gasteiger partial charge in [-0.15, -0.1) is 24.0 Å². The van der Waals surface area contributed by atoms with Gasteiger partial charge in [-0.2, -0.15) is 0 Å². The lowest BCUT2D eigenvalue weighted by molar-refractivity contribution is 0.143. The summed E-state index contributed by atoms with van der Waals surface area (Å²) in [4.78, 5) is 8.48. The maximum absolute atomic E-state index is 5.80. The predicted octanol–water partition coefficient (Wildman–Crippen LogP) is 1.79. The Bertz CT molecular complexity index is 427. The highest BCUT2D eigenvalue weighted by Gasteiger charge is 2.04. The number of ether oxygens (including phenoxy) is 2. The van der Waals surface area contributed by atoms with Gasteiger partial charge in [-0.25, -0.2) is 9.98 Å². The molecule has 0 atom stereocenters. The van der Waals surface area contributed by atoms with Crippen molar-refractivity contribution in [1.29, 1.82) is 0 Å². The minimum absolute atomic E-state index is 0. The highest BCUT2D eigenvalue weighted by Crippen LogP contribution is 2.15. The first kappa shape index (κ1) is 19.9. The molecule has 0 aliphatic rings. The fourth-order valence-corrected chi connectivity index (χ4v) is 1.43. The third-order valence-electron chi connectivity index (χ3n) is 2.49. The van der Waals surface area contributed by atoms with Gasteiger partial charge >= 0.3 is 0 Å². The van der Waals surface area contributed by atoms with Gasteiger partial charge in [-0.3, -0.25) is 0 Å².